The van der Waals surface area contributed by atoms with Crippen LogP contribution in [0, 0.1) is 11.3 Å². The number of hydrogen-bond donors (Lipinski definition) is 1. The van der Waals surface area contributed by atoms with Crippen molar-refractivity contribution >= 4 is 17.7 Å². The molecule has 0 radical (unpaired) electrons. The lowest BCUT2D eigenvalue weighted by Gasteiger charge is -2.21. The number of methoxy groups -OCH3 is 1. The lowest BCUT2D eigenvalue weighted by atomic mass is 9.98. The lowest BCUT2D eigenvalue weighted by molar-refractivity contribution is -0.112. The molecule has 6 heteroatoms. The van der Waals surface area contributed by atoms with Gasteiger partial charge in [-0.25, -0.2) is 0 Å². The third-order valence-electron chi connectivity index (χ3n) is 4.88. The number of anilines is 1. The quantitative estimate of drug-likeness (QED) is 0.577. The molecule has 1 aliphatic rings. The van der Waals surface area contributed by atoms with Crippen LogP contribution < -0.4 is 19.5 Å². The summed E-state index contributed by atoms with van der Waals surface area (Å²) in [4.78, 5) is 12.6. The molecule has 0 aromatic heterocycles. The van der Waals surface area contributed by atoms with E-state index in [9.17, 15) is 10.1 Å². The van der Waals surface area contributed by atoms with E-state index >= 15 is 0 Å². The van der Waals surface area contributed by atoms with E-state index in [0.717, 1.165) is 6.42 Å². The maximum absolute atomic E-state index is 12.6. The Labute approximate surface area is 170 Å². The second-order valence-corrected chi connectivity index (χ2v) is 6.80. The highest BCUT2D eigenvalue weighted by atomic mass is 16.6. The maximum Gasteiger partial charge on any atom is 0.266 e. The van der Waals surface area contributed by atoms with Crippen LogP contribution in [0.3, 0.4) is 0 Å². The third kappa shape index (κ3) is 4.69. The molecule has 0 saturated heterocycles. The molecule has 1 aliphatic heterocycles. The zero-order valence-corrected chi connectivity index (χ0v) is 16.8. The highest BCUT2D eigenvalue weighted by Gasteiger charge is 2.19. The van der Waals surface area contributed by atoms with Gasteiger partial charge >= 0.3 is 0 Å². The van der Waals surface area contributed by atoms with Gasteiger partial charge < -0.3 is 19.5 Å². The Morgan fingerprint density at radius 3 is 2.66 bits per heavy atom. The Morgan fingerprint density at radius 1 is 1.28 bits per heavy atom. The fraction of sp³-hybridized carbons (Fsp3) is 0.304. The van der Waals surface area contributed by atoms with Gasteiger partial charge in [-0.15, -0.1) is 0 Å². The Balaban J connectivity index is 1.81. The van der Waals surface area contributed by atoms with Gasteiger partial charge in [-0.1, -0.05) is 26.0 Å². The SMILES string of the molecule is CC[C@H](C)c1ccc(NC(=O)/C(C#N)=C/c2cc(OC)c3c(c2)OCCO3)cc1. The summed E-state index contributed by atoms with van der Waals surface area (Å²) >= 11 is 0. The van der Waals surface area contributed by atoms with Crippen LogP contribution in [0.1, 0.15) is 37.3 Å². The lowest BCUT2D eigenvalue weighted by Crippen LogP contribution is -2.16. The molecule has 6 nitrogen and oxygen atoms in total. The monoisotopic (exact) mass is 392 g/mol. The molecule has 150 valence electrons. The Kier molecular flexibility index (Phi) is 6.40. The number of carbonyl (C=O) groups excluding carboxylic acids is 1. The summed E-state index contributed by atoms with van der Waals surface area (Å²) in [5.41, 5.74) is 2.45. The predicted molar refractivity (Wildman–Crippen MR) is 111 cm³/mol. The number of nitriles is 1. The molecule has 0 saturated carbocycles. The van der Waals surface area contributed by atoms with E-state index in [1.165, 1.54) is 18.7 Å². The molecule has 2 aromatic rings. The number of carbonyl (C=O) groups is 1. The zero-order valence-electron chi connectivity index (χ0n) is 16.8. The number of amides is 1. The molecule has 29 heavy (non-hydrogen) atoms. The van der Waals surface area contributed by atoms with E-state index in [1.54, 1.807) is 12.1 Å². The fourth-order valence-corrected chi connectivity index (χ4v) is 3.02. The number of benzene rings is 2. The molecule has 1 heterocycles. The van der Waals surface area contributed by atoms with E-state index in [4.69, 9.17) is 14.2 Å². The summed E-state index contributed by atoms with van der Waals surface area (Å²) in [7, 11) is 1.53. The molecule has 3 rings (SSSR count). The molecule has 0 fully saturated rings. The number of hydrogen-bond acceptors (Lipinski definition) is 5. The van der Waals surface area contributed by atoms with Crippen LogP contribution in [-0.4, -0.2) is 26.2 Å². The van der Waals surface area contributed by atoms with Crippen LogP contribution in [-0.2, 0) is 4.79 Å². The first kappa shape index (κ1) is 20.3. The van der Waals surface area contributed by atoms with Gasteiger partial charge in [0.2, 0.25) is 5.75 Å². The summed E-state index contributed by atoms with van der Waals surface area (Å²) in [5, 5.41) is 12.3. The summed E-state index contributed by atoms with van der Waals surface area (Å²) in [6, 6.07) is 13.1. The first-order chi connectivity index (χ1) is 14.0. The molecular formula is C23H24N2O4. The number of nitrogens with one attached hydrogen (secondary N) is 1. The van der Waals surface area contributed by atoms with E-state index < -0.39 is 5.91 Å². The topological polar surface area (TPSA) is 80.6 Å². The minimum atomic E-state index is -0.474. The van der Waals surface area contributed by atoms with Crippen molar-refractivity contribution in [3.63, 3.8) is 0 Å². The summed E-state index contributed by atoms with van der Waals surface area (Å²) < 4.78 is 16.5. The first-order valence-corrected chi connectivity index (χ1v) is 9.56. The molecule has 1 atom stereocenters. The summed E-state index contributed by atoms with van der Waals surface area (Å²) in [6.45, 7) is 5.17. The van der Waals surface area contributed by atoms with Crippen molar-refractivity contribution in [2.75, 3.05) is 25.6 Å². The molecule has 0 spiro atoms. The molecular weight excluding hydrogens is 368 g/mol. The van der Waals surface area contributed by atoms with Gasteiger partial charge in [-0.3, -0.25) is 4.79 Å². The maximum atomic E-state index is 12.6. The van der Waals surface area contributed by atoms with Gasteiger partial charge in [-0.2, -0.15) is 5.26 Å². The summed E-state index contributed by atoms with van der Waals surface area (Å²) in [6.07, 6.45) is 2.55. The predicted octanol–water partition coefficient (Wildman–Crippen LogP) is 4.53. The van der Waals surface area contributed by atoms with Crippen LogP contribution in [0.25, 0.3) is 6.08 Å². The van der Waals surface area contributed by atoms with Crippen molar-refractivity contribution in [2.45, 2.75) is 26.2 Å². The van der Waals surface area contributed by atoms with Crippen LogP contribution in [0.5, 0.6) is 17.2 Å². The van der Waals surface area contributed by atoms with Crippen LogP contribution in [0.15, 0.2) is 42.0 Å². The average molecular weight is 392 g/mol. The van der Waals surface area contributed by atoms with Crippen molar-refractivity contribution < 1.29 is 19.0 Å². The molecule has 1 N–H and O–H groups in total. The van der Waals surface area contributed by atoms with Crippen molar-refractivity contribution in [1.29, 1.82) is 5.26 Å². The van der Waals surface area contributed by atoms with Gasteiger partial charge in [-0.05, 0) is 53.8 Å². The fourth-order valence-electron chi connectivity index (χ4n) is 3.02. The first-order valence-electron chi connectivity index (χ1n) is 9.56. The van der Waals surface area contributed by atoms with Crippen molar-refractivity contribution in [2.24, 2.45) is 0 Å². The highest BCUT2D eigenvalue weighted by molar-refractivity contribution is 6.09. The second kappa shape index (κ2) is 9.16. The zero-order chi connectivity index (χ0) is 20.8. The minimum Gasteiger partial charge on any atom is -0.493 e. The van der Waals surface area contributed by atoms with Gasteiger partial charge in [0.15, 0.2) is 11.5 Å². The van der Waals surface area contributed by atoms with Crippen molar-refractivity contribution in [3.8, 4) is 23.3 Å². The molecule has 1 amide bonds. The largest absolute Gasteiger partial charge is 0.493 e. The van der Waals surface area contributed by atoms with Crippen LogP contribution in [0.2, 0.25) is 0 Å². The van der Waals surface area contributed by atoms with Gasteiger partial charge in [0.05, 0.1) is 7.11 Å². The Hall–Kier alpha value is -3.46. The number of ether oxygens (including phenoxy) is 3. The smallest absolute Gasteiger partial charge is 0.266 e. The highest BCUT2D eigenvalue weighted by Crippen LogP contribution is 2.40. The number of nitrogens with zero attached hydrogens (tertiary/aromatic N) is 1. The molecule has 2 aromatic carbocycles. The van der Waals surface area contributed by atoms with E-state index in [1.807, 2.05) is 30.3 Å². The van der Waals surface area contributed by atoms with E-state index in [2.05, 4.69) is 19.2 Å². The normalized spacial score (nSPS) is 13.9. The average Bonchev–Trinajstić information content (AvgIpc) is 2.76. The second-order valence-electron chi connectivity index (χ2n) is 6.80. The van der Waals surface area contributed by atoms with E-state index in [0.29, 0.717) is 47.6 Å². The van der Waals surface area contributed by atoms with Crippen molar-refractivity contribution in [3.05, 3.63) is 53.1 Å². The minimum absolute atomic E-state index is 0.0188. The standard InChI is InChI=1S/C23H24N2O4/c1-4-15(2)17-5-7-19(8-6-17)25-23(26)18(14-24)11-16-12-20(27-3)22-21(13-16)28-9-10-29-22/h5-8,11-13,15H,4,9-10H2,1-3H3,(H,25,26)/b18-11+/t15-/m0/s1. The van der Waals surface area contributed by atoms with Gasteiger partial charge in [0.1, 0.15) is 24.9 Å². The van der Waals surface area contributed by atoms with Gasteiger partial charge in [0, 0.05) is 5.69 Å². The third-order valence-corrected chi connectivity index (χ3v) is 4.88. The number of fused-ring (bicyclic) bond motifs is 1. The van der Waals surface area contributed by atoms with Gasteiger partial charge in [0.25, 0.3) is 5.91 Å². The Bertz CT molecular complexity index is 941. The molecule has 0 unspecified atom stereocenters. The number of rotatable bonds is 6. The van der Waals surface area contributed by atoms with Crippen LogP contribution >= 0.6 is 0 Å². The Morgan fingerprint density at radius 2 is 2.00 bits per heavy atom. The molecule has 0 aliphatic carbocycles. The summed E-state index contributed by atoms with van der Waals surface area (Å²) in [5.74, 6) is 1.53. The van der Waals surface area contributed by atoms with E-state index in [-0.39, 0.29) is 5.57 Å². The van der Waals surface area contributed by atoms with Crippen molar-refractivity contribution in [1.82, 2.24) is 0 Å². The van der Waals surface area contributed by atoms with Crippen LogP contribution in [0.4, 0.5) is 5.69 Å². The molecule has 0 bridgehead atoms.